The maximum absolute atomic E-state index is 4.22. The van der Waals surface area contributed by atoms with Gasteiger partial charge in [-0.1, -0.05) is 26.5 Å². The normalized spacial score (nSPS) is 18.1. The molecule has 0 N–H and O–H groups in total. The highest BCUT2D eigenvalue weighted by Gasteiger charge is 2.26. The van der Waals surface area contributed by atoms with Gasteiger partial charge in [-0.2, -0.15) is 0 Å². The van der Waals surface area contributed by atoms with Crippen molar-refractivity contribution < 1.29 is 0 Å². The summed E-state index contributed by atoms with van der Waals surface area (Å²) in [6, 6.07) is 2.44. The number of allylic oxidation sites excluding steroid dienone is 1. The molecule has 0 radical (unpaired) electrons. The van der Waals surface area contributed by atoms with Crippen molar-refractivity contribution in [3.8, 4) is 0 Å². The zero-order valence-electron chi connectivity index (χ0n) is 10.4. The molecule has 2 aliphatic rings. The van der Waals surface area contributed by atoms with E-state index in [2.05, 4.69) is 26.5 Å². The number of fused-ring (bicyclic) bond motifs is 2. The summed E-state index contributed by atoms with van der Waals surface area (Å²) in [7, 11) is 0. The Labute approximate surface area is 98.4 Å². The Morgan fingerprint density at radius 1 is 1.06 bits per heavy atom. The van der Waals surface area contributed by atoms with Crippen molar-refractivity contribution in [2.24, 2.45) is 0 Å². The first-order valence-corrected chi connectivity index (χ1v) is 6.54. The molecular weight excluding hydrogens is 192 g/mol. The van der Waals surface area contributed by atoms with Gasteiger partial charge in [-0.05, 0) is 71.4 Å². The molecule has 0 saturated heterocycles. The van der Waals surface area contributed by atoms with Gasteiger partial charge in [0.15, 0.2) is 0 Å². The van der Waals surface area contributed by atoms with Crippen LogP contribution in [-0.2, 0) is 19.3 Å². The van der Waals surface area contributed by atoms with Crippen LogP contribution in [0.25, 0.3) is 5.57 Å². The van der Waals surface area contributed by atoms with Crippen LogP contribution in [0.2, 0.25) is 0 Å². The standard InChI is InChI=1S/C16H20/c1-10(2)16-13-6-4-5-12(13)9-15-11(3)7-8-14(15)16/h9-10H,3-8H2,1-2H3. The van der Waals surface area contributed by atoms with Crippen LogP contribution in [0.3, 0.4) is 0 Å². The van der Waals surface area contributed by atoms with Crippen molar-refractivity contribution in [2.75, 3.05) is 0 Å². The van der Waals surface area contributed by atoms with E-state index < -0.39 is 0 Å². The number of hydrogen-bond acceptors (Lipinski definition) is 0. The lowest BCUT2D eigenvalue weighted by molar-refractivity contribution is 0.819. The fraction of sp³-hybridized carbons (Fsp3) is 0.500. The van der Waals surface area contributed by atoms with Crippen LogP contribution in [-0.4, -0.2) is 0 Å². The van der Waals surface area contributed by atoms with Gasteiger partial charge in [-0.15, -0.1) is 0 Å². The lowest BCUT2D eigenvalue weighted by Gasteiger charge is -2.18. The molecule has 0 spiro atoms. The molecule has 0 aromatic heterocycles. The largest absolute Gasteiger partial charge is 0.0952 e. The van der Waals surface area contributed by atoms with Gasteiger partial charge in [0.25, 0.3) is 0 Å². The lowest BCUT2D eigenvalue weighted by Crippen LogP contribution is -2.02. The Bertz CT molecular complexity index is 463. The molecule has 0 amide bonds. The third-order valence-electron chi connectivity index (χ3n) is 4.19. The monoisotopic (exact) mass is 212 g/mol. The van der Waals surface area contributed by atoms with Gasteiger partial charge in [0.2, 0.25) is 0 Å². The van der Waals surface area contributed by atoms with E-state index in [4.69, 9.17) is 0 Å². The van der Waals surface area contributed by atoms with Crippen molar-refractivity contribution in [2.45, 2.75) is 51.9 Å². The minimum absolute atomic E-state index is 0.674. The SMILES string of the molecule is C=C1CCc2c1cc1c(c2C(C)C)CCC1. The molecular formula is C16H20. The van der Waals surface area contributed by atoms with Gasteiger partial charge < -0.3 is 0 Å². The molecule has 0 nitrogen and oxygen atoms in total. The molecule has 0 atom stereocenters. The van der Waals surface area contributed by atoms with E-state index >= 15 is 0 Å². The van der Waals surface area contributed by atoms with Crippen LogP contribution in [0.4, 0.5) is 0 Å². The van der Waals surface area contributed by atoms with E-state index in [9.17, 15) is 0 Å². The molecule has 2 aliphatic carbocycles. The lowest BCUT2D eigenvalue weighted by atomic mass is 9.87. The Balaban J connectivity index is 2.29. The molecule has 84 valence electrons. The topological polar surface area (TPSA) is 0 Å². The summed E-state index contributed by atoms with van der Waals surface area (Å²) in [4.78, 5) is 0. The predicted molar refractivity (Wildman–Crippen MR) is 69.9 cm³/mol. The summed E-state index contributed by atoms with van der Waals surface area (Å²) in [5.74, 6) is 0.674. The van der Waals surface area contributed by atoms with E-state index in [0.29, 0.717) is 5.92 Å². The van der Waals surface area contributed by atoms with Crippen molar-refractivity contribution in [1.29, 1.82) is 0 Å². The van der Waals surface area contributed by atoms with Crippen molar-refractivity contribution in [1.82, 2.24) is 0 Å². The number of rotatable bonds is 1. The molecule has 0 heterocycles. The van der Waals surface area contributed by atoms with Crippen molar-refractivity contribution in [3.05, 3.63) is 40.5 Å². The summed E-state index contributed by atoms with van der Waals surface area (Å²) >= 11 is 0. The second kappa shape index (κ2) is 3.48. The minimum Gasteiger partial charge on any atom is -0.0952 e. The highest BCUT2D eigenvalue weighted by atomic mass is 14.3. The summed E-state index contributed by atoms with van der Waals surface area (Å²) in [6.07, 6.45) is 6.36. The first-order valence-electron chi connectivity index (χ1n) is 6.54. The number of aryl methyl sites for hydroxylation is 1. The molecule has 0 saturated carbocycles. The average Bonchev–Trinajstić information content (AvgIpc) is 2.82. The van der Waals surface area contributed by atoms with Crippen LogP contribution in [0, 0.1) is 0 Å². The van der Waals surface area contributed by atoms with Crippen molar-refractivity contribution >= 4 is 5.57 Å². The first kappa shape index (κ1) is 10.1. The summed E-state index contributed by atoms with van der Waals surface area (Å²) in [5.41, 5.74) is 9.45. The molecule has 0 bridgehead atoms. The zero-order chi connectivity index (χ0) is 11.3. The van der Waals surface area contributed by atoms with Crippen LogP contribution in [0.5, 0.6) is 0 Å². The molecule has 3 rings (SSSR count). The molecule has 1 aromatic carbocycles. The van der Waals surface area contributed by atoms with E-state index in [1.54, 1.807) is 22.3 Å². The van der Waals surface area contributed by atoms with Gasteiger partial charge in [-0.3, -0.25) is 0 Å². The van der Waals surface area contributed by atoms with Crippen LogP contribution in [0.1, 0.15) is 60.4 Å². The van der Waals surface area contributed by atoms with Crippen LogP contribution >= 0.6 is 0 Å². The number of hydrogen-bond donors (Lipinski definition) is 0. The van der Waals surface area contributed by atoms with Gasteiger partial charge in [0.05, 0.1) is 0 Å². The van der Waals surface area contributed by atoms with Crippen LogP contribution < -0.4 is 0 Å². The van der Waals surface area contributed by atoms with Gasteiger partial charge in [0, 0.05) is 0 Å². The third-order valence-corrected chi connectivity index (χ3v) is 4.19. The highest BCUT2D eigenvalue weighted by molar-refractivity contribution is 5.74. The van der Waals surface area contributed by atoms with E-state index in [0.717, 1.165) is 0 Å². The molecule has 0 unspecified atom stereocenters. The molecule has 16 heavy (non-hydrogen) atoms. The first-order chi connectivity index (χ1) is 7.68. The second-order valence-electron chi connectivity index (χ2n) is 5.57. The van der Waals surface area contributed by atoms with Gasteiger partial charge >= 0.3 is 0 Å². The summed E-state index contributed by atoms with van der Waals surface area (Å²) < 4.78 is 0. The summed E-state index contributed by atoms with van der Waals surface area (Å²) in [6.45, 7) is 8.91. The van der Waals surface area contributed by atoms with Gasteiger partial charge in [-0.25, -0.2) is 0 Å². The summed E-state index contributed by atoms with van der Waals surface area (Å²) in [5, 5.41) is 0. The van der Waals surface area contributed by atoms with E-state index in [1.165, 1.54) is 43.2 Å². The maximum Gasteiger partial charge on any atom is -0.0192 e. The van der Waals surface area contributed by atoms with Crippen molar-refractivity contribution in [3.63, 3.8) is 0 Å². The number of benzene rings is 1. The Morgan fingerprint density at radius 3 is 2.62 bits per heavy atom. The third kappa shape index (κ3) is 1.29. The second-order valence-corrected chi connectivity index (χ2v) is 5.57. The fourth-order valence-electron chi connectivity index (χ4n) is 3.51. The molecule has 0 aliphatic heterocycles. The quantitative estimate of drug-likeness (QED) is 0.652. The molecule has 0 heteroatoms. The van der Waals surface area contributed by atoms with Gasteiger partial charge in [0.1, 0.15) is 0 Å². The van der Waals surface area contributed by atoms with E-state index in [-0.39, 0.29) is 0 Å². The molecule has 0 fully saturated rings. The zero-order valence-corrected chi connectivity index (χ0v) is 10.4. The van der Waals surface area contributed by atoms with E-state index in [1.807, 2.05) is 0 Å². The minimum atomic E-state index is 0.674. The van der Waals surface area contributed by atoms with Crippen LogP contribution in [0.15, 0.2) is 12.6 Å². The Hall–Kier alpha value is -1.04. The smallest absolute Gasteiger partial charge is 0.0192 e. The average molecular weight is 212 g/mol. The molecule has 1 aromatic rings. The fourth-order valence-corrected chi connectivity index (χ4v) is 3.51. The predicted octanol–water partition coefficient (Wildman–Crippen LogP) is 4.26. The maximum atomic E-state index is 4.22. The Morgan fingerprint density at radius 2 is 1.88 bits per heavy atom. The highest BCUT2D eigenvalue weighted by Crippen LogP contribution is 2.41. The Kier molecular flexibility index (Phi) is 2.20.